The Hall–Kier alpha value is -3.38. The summed E-state index contributed by atoms with van der Waals surface area (Å²) < 4.78 is 45.5. The third-order valence-corrected chi connectivity index (χ3v) is 6.39. The summed E-state index contributed by atoms with van der Waals surface area (Å²) >= 11 is 6.30. The zero-order valence-corrected chi connectivity index (χ0v) is 21.8. The molecule has 1 saturated heterocycles. The number of nitrogens with zero attached hydrogens (tertiary/aromatic N) is 3. The fraction of sp³-hybridized carbons (Fsp3) is 0.440. The largest absolute Gasteiger partial charge is 0.449 e. The molecule has 0 radical (unpaired) electrons. The highest BCUT2D eigenvalue weighted by Gasteiger charge is 2.47. The van der Waals surface area contributed by atoms with Crippen LogP contribution in [-0.2, 0) is 20.5 Å². The van der Waals surface area contributed by atoms with Crippen molar-refractivity contribution < 1.29 is 37.4 Å². The van der Waals surface area contributed by atoms with Crippen LogP contribution in [0, 0.1) is 12.8 Å². The van der Waals surface area contributed by atoms with E-state index in [2.05, 4.69) is 10.3 Å². The van der Waals surface area contributed by atoms with E-state index in [0.29, 0.717) is 12.5 Å². The summed E-state index contributed by atoms with van der Waals surface area (Å²) in [5.41, 5.74) is -0.810. The molecule has 0 bridgehead atoms. The molecule has 206 valence electrons. The van der Waals surface area contributed by atoms with E-state index in [1.54, 1.807) is 0 Å². The van der Waals surface area contributed by atoms with Gasteiger partial charge in [0.05, 0.1) is 28.6 Å². The van der Waals surface area contributed by atoms with E-state index < -0.39 is 48.2 Å². The van der Waals surface area contributed by atoms with Gasteiger partial charge in [0.25, 0.3) is 0 Å². The van der Waals surface area contributed by atoms with Crippen LogP contribution in [0.5, 0.6) is 0 Å². The molecule has 1 aliphatic heterocycles. The van der Waals surface area contributed by atoms with Crippen molar-refractivity contribution in [2.24, 2.45) is 5.92 Å². The fourth-order valence-corrected chi connectivity index (χ4v) is 4.38. The molecule has 1 aromatic carbocycles. The molecule has 1 fully saturated rings. The molecule has 2 atom stereocenters. The van der Waals surface area contributed by atoms with Crippen LogP contribution >= 0.6 is 11.6 Å². The summed E-state index contributed by atoms with van der Waals surface area (Å²) in [4.78, 5) is 45.0. The molecule has 0 saturated carbocycles. The Kier molecular flexibility index (Phi) is 9.21. The number of rotatable bonds is 8. The molecular weight excluding hydrogens is 529 g/mol. The second kappa shape index (κ2) is 12.0. The zero-order chi connectivity index (χ0) is 28.2. The Morgan fingerprint density at radius 1 is 1.32 bits per heavy atom. The van der Waals surface area contributed by atoms with Gasteiger partial charge < -0.3 is 14.7 Å². The minimum atomic E-state index is -4.70. The fourth-order valence-electron chi connectivity index (χ4n) is 4.17. The first kappa shape index (κ1) is 29.2. The van der Waals surface area contributed by atoms with Crippen LogP contribution in [0.4, 0.5) is 35.2 Å². The number of ether oxygens (including phenoxy) is 1. The number of aliphatic hydroxyl groups is 1. The SMILES string of the molecule is CCCCOC(=O)Nc1c(Cl)cccc1N(C)C(=O)[C@@H]1[C@@H](CO)CC(=O)N1c1cc(C(F)(F)F)cc(C)n1. The summed E-state index contributed by atoms with van der Waals surface area (Å²) in [6.07, 6.45) is -4.31. The lowest BCUT2D eigenvalue weighted by molar-refractivity contribution is -0.137. The molecule has 3 amide bonds. The van der Waals surface area contributed by atoms with Crippen LogP contribution in [0.3, 0.4) is 0 Å². The molecule has 1 aromatic heterocycles. The van der Waals surface area contributed by atoms with E-state index >= 15 is 0 Å². The summed E-state index contributed by atoms with van der Waals surface area (Å²) in [5, 5.41) is 12.6. The van der Waals surface area contributed by atoms with E-state index in [-0.39, 0.29) is 40.9 Å². The lowest BCUT2D eigenvalue weighted by Crippen LogP contribution is -2.49. The van der Waals surface area contributed by atoms with Gasteiger partial charge in [0.15, 0.2) is 0 Å². The highest BCUT2D eigenvalue weighted by Crippen LogP contribution is 2.38. The van der Waals surface area contributed by atoms with Gasteiger partial charge in [-0.3, -0.25) is 19.8 Å². The van der Waals surface area contributed by atoms with Crippen LogP contribution in [-0.4, -0.2) is 54.3 Å². The lowest BCUT2D eigenvalue weighted by Gasteiger charge is -2.31. The van der Waals surface area contributed by atoms with Gasteiger partial charge in [-0.25, -0.2) is 9.78 Å². The number of amides is 3. The van der Waals surface area contributed by atoms with Crippen molar-refractivity contribution in [1.82, 2.24) is 4.98 Å². The molecule has 2 heterocycles. The molecule has 38 heavy (non-hydrogen) atoms. The monoisotopic (exact) mass is 556 g/mol. The molecule has 9 nitrogen and oxygen atoms in total. The minimum Gasteiger partial charge on any atom is -0.449 e. The highest BCUT2D eigenvalue weighted by molar-refractivity contribution is 6.34. The molecule has 0 spiro atoms. The van der Waals surface area contributed by atoms with Gasteiger partial charge in [-0.1, -0.05) is 31.0 Å². The number of pyridine rings is 1. The van der Waals surface area contributed by atoms with Crippen molar-refractivity contribution in [3.8, 4) is 0 Å². The number of anilines is 3. The van der Waals surface area contributed by atoms with Gasteiger partial charge in [-0.15, -0.1) is 0 Å². The van der Waals surface area contributed by atoms with E-state index in [1.807, 2.05) is 6.92 Å². The van der Waals surface area contributed by atoms with Gasteiger partial charge in [-0.05, 0) is 37.6 Å². The van der Waals surface area contributed by atoms with Gasteiger partial charge in [-0.2, -0.15) is 13.2 Å². The Balaban J connectivity index is 1.99. The zero-order valence-electron chi connectivity index (χ0n) is 21.0. The smallest absolute Gasteiger partial charge is 0.416 e. The molecule has 2 aromatic rings. The first-order valence-electron chi connectivity index (χ1n) is 11.9. The number of hydrogen-bond acceptors (Lipinski definition) is 6. The van der Waals surface area contributed by atoms with Crippen molar-refractivity contribution in [3.63, 3.8) is 0 Å². The number of aromatic nitrogens is 1. The third-order valence-electron chi connectivity index (χ3n) is 6.07. The highest BCUT2D eigenvalue weighted by atomic mass is 35.5. The topological polar surface area (TPSA) is 112 Å². The normalized spacial score (nSPS) is 17.5. The summed E-state index contributed by atoms with van der Waals surface area (Å²) in [7, 11) is 1.36. The Labute approximate surface area is 222 Å². The first-order chi connectivity index (χ1) is 17.9. The maximum atomic E-state index is 13.8. The Bertz CT molecular complexity index is 1210. The number of nitrogens with one attached hydrogen (secondary N) is 1. The predicted molar refractivity (Wildman–Crippen MR) is 135 cm³/mol. The van der Waals surface area contributed by atoms with Crippen LogP contribution in [0.25, 0.3) is 0 Å². The van der Waals surface area contributed by atoms with Crippen molar-refractivity contribution in [2.75, 3.05) is 35.4 Å². The van der Waals surface area contributed by atoms with Gasteiger partial charge in [0.1, 0.15) is 11.9 Å². The second-order valence-electron chi connectivity index (χ2n) is 8.85. The van der Waals surface area contributed by atoms with Gasteiger partial charge >= 0.3 is 12.3 Å². The van der Waals surface area contributed by atoms with Crippen LogP contribution in [0.2, 0.25) is 5.02 Å². The number of carbonyl (C=O) groups excluding carboxylic acids is 3. The number of aryl methyl sites for hydroxylation is 1. The van der Waals surface area contributed by atoms with Crippen LogP contribution in [0.15, 0.2) is 30.3 Å². The number of halogens is 4. The van der Waals surface area contributed by atoms with Crippen LogP contribution in [0.1, 0.15) is 37.4 Å². The number of likely N-dealkylation sites (N-methyl/N-ethyl adjacent to an activating group) is 1. The maximum absolute atomic E-state index is 13.8. The minimum absolute atomic E-state index is 0.00228. The summed E-state index contributed by atoms with van der Waals surface area (Å²) in [6, 6.07) is 4.68. The molecule has 0 aliphatic carbocycles. The van der Waals surface area contributed by atoms with E-state index in [9.17, 15) is 32.7 Å². The number of para-hydroxylation sites is 1. The predicted octanol–water partition coefficient (Wildman–Crippen LogP) is 4.79. The van der Waals surface area contributed by atoms with E-state index in [0.717, 1.165) is 22.3 Å². The molecule has 13 heteroatoms. The Morgan fingerprint density at radius 2 is 2.03 bits per heavy atom. The number of aliphatic hydroxyl groups excluding tert-OH is 1. The van der Waals surface area contributed by atoms with Crippen molar-refractivity contribution in [3.05, 3.63) is 46.6 Å². The summed E-state index contributed by atoms with van der Waals surface area (Å²) in [6.45, 7) is 2.88. The van der Waals surface area contributed by atoms with Crippen molar-refractivity contribution >= 4 is 46.7 Å². The maximum Gasteiger partial charge on any atom is 0.416 e. The van der Waals surface area contributed by atoms with Crippen molar-refractivity contribution in [2.45, 2.75) is 45.3 Å². The second-order valence-corrected chi connectivity index (χ2v) is 9.26. The Morgan fingerprint density at radius 3 is 2.66 bits per heavy atom. The number of carbonyl (C=O) groups is 3. The van der Waals surface area contributed by atoms with Gasteiger partial charge in [0, 0.05) is 31.7 Å². The molecule has 2 N–H and O–H groups in total. The molecule has 1 aliphatic rings. The average molecular weight is 557 g/mol. The number of alkyl halides is 3. The lowest BCUT2D eigenvalue weighted by atomic mass is 9.99. The quantitative estimate of drug-likeness (QED) is 0.452. The average Bonchev–Trinajstić information content (AvgIpc) is 3.19. The van der Waals surface area contributed by atoms with E-state index in [1.165, 1.54) is 32.2 Å². The number of unbranched alkanes of at least 4 members (excludes halogenated alkanes) is 1. The van der Waals surface area contributed by atoms with Crippen LogP contribution < -0.4 is 15.1 Å². The molecule has 3 rings (SSSR count). The number of benzene rings is 1. The standard InChI is InChI=1S/C25H28ClF3N4O5/c1-4-5-9-38-24(37)31-21-17(26)7-6-8-18(21)32(3)23(36)22-15(13-34)11-20(35)33(22)19-12-16(25(27,28)29)10-14(2)30-19/h6-8,10,12,15,22,34H,4-5,9,11,13H2,1-3H3,(H,31,37)/t15-,22+/m1/s1. The third kappa shape index (κ3) is 6.36. The summed E-state index contributed by atoms with van der Waals surface area (Å²) in [5.74, 6) is -2.65. The van der Waals surface area contributed by atoms with Gasteiger partial charge in [0.2, 0.25) is 11.8 Å². The number of hydrogen-bond donors (Lipinski definition) is 2. The molecule has 0 unspecified atom stereocenters. The van der Waals surface area contributed by atoms with E-state index in [4.69, 9.17) is 16.3 Å². The van der Waals surface area contributed by atoms with Crippen molar-refractivity contribution in [1.29, 1.82) is 0 Å². The molecular formula is C25H28ClF3N4O5. The first-order valence-corrected chi connectivity index (χ1v) is 12.3.